The molecule has 1 aliphatic heterocycles. The second kappa shape index (κ2) is 6.00. The van der Waals surface area contributed by atoms with E-state index in [1.807, 2.05) is 4.90 Å². The number of hydrogen-bond acceptors (Lipinski definition) is 6. The molecule has 0 spiro atoms. The number of rotatable bonds is 5. The SMILES string of the molecule is Cn1cnc(N)c1S(=O)(=O)NC1CCN(CC(N)=O)CC1. The summed E-state index contributed by atoms with van der Waals surface area (Å²) >= 11 is 0. The average molecular weight is 316 g/mol. The molecule has 118 valence electrons. The molecule has 10 heteroatoms. The molecule has 21 heavy (non-hydrogen) atoms. The summed E-state index contributed by atoms with van der Waals surface area (Å²) in [4.78, 5) is 16.5. The van der Waals surface area contributed by atoms with Gasteiger partial charge in [0.15, 0.2) is 10.8 Å². The molecule has 0 radical (unpaired) electrons. The summed E-state index contributed by atoms with van der Waals surface area (Å²) < 4.78 is 28.7. The fourth-order valence-corrected chi connectivity index (χ4v) is 4.01. The van der Waals surface area contributed by atoms with Crippen molar-refractivity contribution in [2.24, 2.45) is 12.8 Å². The largest absolute Gasteiger partial charge is 0.381 e. The van der Waals surface area contributed by atoms with Crippen LogP contribution in [0.15, 0.2) is 11.4 Å². The predicted molar refractivity (Wildman–Crippen MR) is 76.6 cm³/mol. The van der Waals surface area contributed by atoms with Crippen molar-refractivity contribution in [2.45, 2.75) is 23.9 Å². The number of nitrogen functional groups attached to an aromatic ring is 1. The maximum absolute atomic E-state index is 12.3. The number of aromatic nitrogens is 2. The van der Waals surface area contributed by atoms with Gasteiger partial charge >= 0.3 is 0 Å². The lowest BCUT2D eigenvalue weighted by molar-refractivity contribution is -0.119. The quantitative estimate of drug-likeness (QED) is 0.588. The second-order valence-electron chi connectivity index (χ2n) is 5.18. The highest BCUT2D eigenvalue weighted by Crippen LogP contribution is 2.18. The zero-order valence-corrected chi connectivity index (χ0v) is 12.6. The molecule has 1 aromatic rings. The van der Waals surface area contributed by atoms with Gasteiger partial charge in [0, 0.05) is 26.2 Å². The highest BCUT2D eigenvalue weighted by Gasteiger charge is 2.28. The fraction of sp³-hybridized carbons (Fsp3) is 0.636. The summed E-state index contributed by atoms with van der Waals surface area (Å²) in [6, 6.07) is -0.187. The number of piperidine rings is 1. The summed E-state index contributed by atoms with van der Waals surface area (Å²) in [6.45, 7) is 1.45. The molecule has 1 saturated heterocycles. The Bertz CT molecular complexity index is 598. The van der Waals surface area contributed by atoms with Crippen LogP contribution in [0.2, 0.25) is 0 Å². The first-order chi connectivity index (χ1) is 9.79. The minimum Gasteiger partial charge on any atom is -0.381 e. The van der Waals surface area contributed by atoms with E-state index >= 15 is 0 Å². The first-order valence-electron chi connectivity index (χ1n) is 6.59. The highest BCUT2D eigenvalue weighted by molar-refractivity contribution is 7.89. The van der Waals surface area contributed by atoms with Crippen LogP contribution < -0.4 is 16.2 Å². The van der Waals surface area contributed by atoms with E-state index < -0.39 is 10.0 Å². The minimum absolute atomic E-state index is 0.0174. The Hall–Kier alpha value is -1.65. The number of nitrogens with zero attached hydrogens (tertiary/aromatic N) is 3. The van der Waals surface area contributed by atoms with Crippen molar-refractivity contribution in [3.8, 4) is 0 Å². The molecule has 9 nitrogen and oxygen atoms in total. The van der Waals surface area contributed by atoms with E-state index in [4.69, 9.17) is 11.5 Å². The molecule has 0 bridgehead atoms. The van der Waals surface area contributed by atoms with Gasteiger partial charge < -0.3 is 16.0 Å². The Morgan fingerprint density at radius 1 is 1.48 bits per heavy atom. The van der Waals surface area contributed by atoms with E-state index in [0.717, 1.165) is 0 Å². The summed E-state index contributed by atoms with van der Waals surface area (Å²) in [5.74, 6) is -0.396. The fourth-order valence-electron chi connectivity index (χ4n) is 2.47. The number of sulfonamides is 1. The number of primary amides is 1. The van der Waals surface area contributed by atoms with Crippen LogP contribution in [0.3, 0.4) is 0 Å². The Morgan fingerprint density at radius 3 is 2.57 bits per heavy atom. The first-order valence-corrected chi connectivity index (χ1v) is 8.07. The minimum atomic E-state index is -3.70. The van der Waals surface area contributed by atoms with Crippen LogP contribution in [0.25, 0.3) is 0 Å². The standard InChI is InChI=1S/C11H20N6O3S/c1-16-7-14-10(13)11(16)21(19,20)15-8-2-4-17(5-3-8)6-9(12)18/h7-8,15H,2-6,13H2,1H3,(H2,12,18). The van der Waals surface area contributed by atoms with Gasteiger partial charge in [-0.2, -0.15) is 0 Å². The number of likely N-dealkylation sites (tertiary alicyclic amines) is 1. The van der Waals surface area contributed by atoms with E-state index in [0.29, 0.717) is 25.9 Å². The molecule has 0 unspecified atom stereocenters. The molecule has 1 aliphatic rings. The summed E-state index contributed by atoms with van der Waals surface area (Å²) in [7, 11) is -2.13. The van der Waals surface area contributed by atoms with Crippen LogP contribution in [0, 0.1) is 0 Å². The molecule has 1 fully saturated rings. The number of nitrogens with one attached hydrogen (secondary N) is 1. The number of amides is 1. The molecule has 2 heterocycles. The third-order valence-corrected chi connectivity index (χ3v) is 5.10. The van der Waals surface area contributed by atoms with E-state index in [2.05, 4.69) is 9.71 Å². The monoisotopic (exact) mass is 316 g/mol. The van der Waals surface area contributed by atoms with Gasteiger partial charge in [-0.15, -0.1) is 0 Å². The maximum atomic E-state index is 12.3. The van der Waals surface area contributed by atoms with Crippen LogP contribution >= 0.6 is 0 Å². The topological polar surface area (TPSA) is 136 Å². The molecular weight excluding hydrogens is 296 g/mol. The molecule has 0 saturated carbocycles. The van der Waals surface area contributed by atoms with Crippen molar-refractivity contribution >= 4 is 21.7 Å². The van der Waals surface area contributed by atoms with E-state index in [9.17, 15) is 13.2 Å². The Morgan fingerprint density at radius 2 is 2.10 bits per heavy atom. The number of anilines is 1. The molecule has 1 aromatic heterocycles. The van der Waals surface area contributed by atoms with E-state index in [1.165, 1.54) is 10.9 Å². The zero-order chi connectivity index (χ0) is 15.6. The number of carbonyl (C=O) groups excluding carboxylic acids is 1. The molecule has 1 amide bonds. The van der Waals surface area contributed by atoms with Crippen molar-refractivity contribution in [1.29, 1.82) is 0 Å². The third-order valence-electron chi connectivity index (χ3n) is 3.45. The lowest BCUT2D eigenvalue weighted by atomic mass is 10.1. The van der Waals surface area contributed by atoms with Gasteiger partial charge in [0.2, 0.25) is 5.91 Å². The summed E-state index contributed by atoms with van der Waals surface area (Å²) in [5, 5.41) is -0.0259. The Labute approximate surface area is 123 Å². The van der Waals surface area contributed by atoms with Gasteiger partial charge in [-0.05, 0) is 12.8 Å². The third kappa shape index (κ3) is 3.71. The van der Waals surface area contributed by atoms with Crippen LogP contribution in [0.5, 0.6) is 0 Å². The lowest BCUT2D eigenvalue weighted by Crippen LogP contribution is -2.46. The summed E-state index contributed by atoms with van der Waals surface area (Å²) in [5.41, 5.74) is 10.7. The molecule has 0 atom stereocenters. The highest BCUT2D eigenvalue weighted by atomic mass is 32.2. The van der Waals surface area contributed by atoms with Crippen molar-refractivity contribution in [3.63, 3.8) is 0 Å². The molecular formula is C11H20N6O3S. The van der Waals surface area contributed by atoms with E-state index in [-0.39, 0.29) is 29.3 Å². The van der Waals surface area contributed by atoms with Crippen molar-refractivity contribution in [1.82, 2.24) is 19.2 Å². The van der Waals surface area contributed by atoms with Crippen LogP contribution in [0.4, 0.5) is 5.82 Å². The van der Waals surface area contributed by atoms with Crippen molar-refractivity contribution in [3.05, 3.63) is 6.33 Å². The van der Waals surface area contributed by atoms with Gasteiger partial charge in [0.25, 0.3) is 10.0 Å². The van der Waals surface area contributed by atoms with Crippen molar-refractivity contribution < 1.29 is 13.2 Å². The number of imidazole rings is 1. The second-order valence-corrected chi connectivity index (χ2v) is 6.81. The normalized spacial score (nSPS) is 18.0. The number of carbonyl (C=O) groups is 1. The Balaban J connectivity index is 1.99. The lowest BCUT2D eigenvalue weighted by Gasteiger charge is -2.31. The van der Waals surface area contributed by atoms with Gasteiger partial charge in [0.1, 0.15) is 0 Å². The number of aryl methyl sites for hydroxylation is 1. The first kappa shape index (κ1) is 15.7. The van der Waals surface area contributed by atoms with E-state index in [1.54, 1.807) is 7.05 Å². The van der Waals surface area contributed by atoms with Gasteiger partial charge in [0.05, 0.1) is 12.9 Å². The maximum Gasteiger partial charge on any atom is 0.260 e. The number of nitrogens with two attached hydrogens (primary N) is 2. The van der Waals surface area contributed by atoms with Crippen molar-refractivity contribution in [2.75, 3.05) is 25.4 Å². The van der Waals surface area contributed by atoms with Gasteiger partial charge in [-0.3, -0.25) is 9.69 Å². The van der Waals surface area contributed by atoms with Crippen LogP contribution in [-0.4, -0.2) is 54.5 Å². The predicted octanol–water partition coefficient (Wildman–Crippen LogP) is -1.77. The summed E-state index contributed by atoms with van der Waals surface area (Å²) in [6.07, 6.45) is 2.59. The zero-order valence-electron chi connectivity index (χ0n) is 11.8. The Kier molecular flexibility index (Phi) is 4.49. The van der Waals surface area contributed by atoms with Crippen LogP contribution in [0.1, 0.15) is 12.8 Å². The molecule has 5 N–H and O–H groups in total. The van der Waals surface area contributed by atoms with Crippen LogP contribution in [-0.2, 0) is 21.9 Å². The van der Waals surface area contributed by atoms with Gasteiger partial charge in [-0.25, -0.2) is 18.1 Å². The average Bonchev–Trinajstić information content (AvgIpc) is 2.71. The molecule has 2 rings (SSSR count). The molecule has 0 aliphatic carbocycles. The van der Waals surface area contributed by atoms with Gasteiger partial charge in [-0.1, -0.05) is 0 Å². The smallest absolute Gasteiger partial charge is 0.260 e. The number of hydrogen-bond donors (Lipinski definition) is 3. The molecule has 0 aromatic carbocycles.